The van der Waals surface area contributed by atoms with Gasteiger partial charge in [0.15, 0.2) is 5.75 Å². The fourth-order valence-electron chi connectivity index (χ4n) is 1.38. The van der Waals surface area contributed by atoms with Gasteiger partial charge in [0.05, 0.1) is 5.69 Å². The molecule has 0 atom stereocenters. The Morgan fingerprint density at radius 3 is 2.76 bits per heavy atom. The van der Waals surface area contributed by atoms with Crippen molar-refractivity contribution in [1.29, 1.82) is 0 Å². The molecule has 1 rings (SSSR count). The molecule has 0 spiro atoms. The molecule has 0 aliphatic rings. The highest BCUT2D eigenvalue weighted by Gasteiger charge is 2.04. The zero-order valence-electron chi connectivity index (χ0n) is 10.3. The topological polar surface area (TPSA) is 54.3 Å². The molecule has 0 amide bonds. The molecule has 0 bridgehead atoms. The van der Waals surface area contributed by atoms with Gasteiger partial charge in [0.1, 0.15) is 0 Å². The molecule has 0 radical (unpaired) electrons. The molecule has 1 aromatic rings. The van der Waals surface area contributed by atoms with E-state index in [0.29, 0.717) is 18.8 Å². The SMILES string of the molecule is C=C(C)C(=C)NCCn1ccc(=O)c(O)c1C. The fourth-order valence-corrected chi connectivity index (χ4v) is 1.38. The summed E-state index contributed by atoms with van der Waals surface area (Å²) >= 11 is 0. The van der Waals surface area contributed by atoms with Gasteiger partial charge in [0.25, 0.3) is 0 Å². The number of nitrogens with one attached hydrogen (secondary N) is 1. The highest BCUT2D eigenvalue weighted by atomic mass is 16.3. The van der Waals surface area contributed by atoms with E-state index in [9.17, 15) is 9.90 Å². The van der Waals surface area contributed by atoms with Crippen LogP contribution in [0.3, 0.4) is 0 Å². The number of pyridine rings is 1. The zero-order chi connectivity index (χ0) is 13.0. The predicted octanol–water partition coefficient (Wildman–Crippen LogP) is 1.54. The number of rotatable bonds is 5. The lowest BCUT2D eigenvalue weighted by molar-refractivity contribution is 0.452. The number of hydrogen-bond donors (Lipinski definition) is 2. The Kier molecular flexibility index (Phi) is 4.15. The lowest BCUT2D eigenvalue weighted by Crippen LogP contribution is -2.21. The van der Waals surface area contributed by atoms with Crippen LogP contribution in [0.25, 0.3) is 0 Å². The first-order valence-corrected chi connectivity index (χ1v) is 5.41. The molecule has 17 heavy (non-hydrogen) atoms. The molecule has 1 heterocycles. The van der Waals surface area contributed by atoms with E-state index in [1.165, 1.54) is 6.07 Å². The maximum atomic E-state index is 11.2. The summed E-state index contributed by atoms with van der Waals surface area (Å²) in [5, 5.41) is 12.6. The Labute approximate surface area is 101 Å². The zero-order valence-corrected chi connectivity index (χ0v) is 10.3. The molecule has 0 saturated carbocycles. The quantitative estimate of drug-likeness (QED) is 0.760. The van der Waals surface area contributed by atoms with Crippen LogP contribution in [0.15, 0.2) is 41.5 Å². The van der Waals surface area contributed by atoms with Crippen LogP contribution in [0.5, 0.6) is 5.75 Å². The van der Waals surface area contributed by atoms with E-state index in [0.717, 1.165) is 11.3 Å². The largest absolute Gasteiger partial charge is 0.503 e. The minimum Gasteiger partial charge on any atom is -0.503 e. The van der Waals surface area contributed by atoms with E-state index in [1.54, 1.807) is 13.1 Å². The minimum absolute atomic E-state index is 0.189. The molecule has 4 nitrogen and oxygen atoms in total. The van der Waals surface area contributed by atoms with Crippen LogP contribution >= 0.6 is 0 Å². The molecule has 0 saturated heterocycles. The molecule has 0 aliphatic heterocycles. The van der Waals surface area contributed by atoms with Gasteiger partial charge in [-0.1, -0.05) is 13.2 Å². The second-order valence-electron chi connectivity index (χ2n) is 3.99. The van der Waals surface area contributed by atoms with Crippen molar-refractivity contribution in [1.82, 2.24) is 9.88 Å². The Balaban J connectivity index is 2.65. The third-order valence-electron chi connectivity index (χ3n) is 2.62. The van der Waals surface area contributed by atoms with Crippen molar-refractivity contribution in [3.8, 4) is 5.75 Å². The summed E-state index contributed by atoms with van der Waals surface area (Å²) in [4.78, 5) is 11.2. The van der Waals surface area contributed by atoms with Crippen LogP contribution in [0.4, 0.5) is 0 Å². The molecule has 92 valence electrons. The van der Waals surface area contributed by atoms with E-state index >= 15 is 0 Å². The number of aromatic hydroxyl groups is 1. The standard InChI is InChI=1S/C13H18N2O2/c1-9(2)10(3)14-6-8-15-7-5-12(16)13(17)11(15)4/h5,7,14,17H,1,3,6,8H2,2,4H3. The molecule has 0 aliphatic carbocycles. The third kappa shape index (κ3) is 3.24. The van der Waals surface area contributed by atoms with Crippen LogP contribution in [-0.2, 0) is 6.54 Å². The summed E-state index contributed by atoms with van der Waals surface area (Å²) in [7, 11) is 0. The van der Waals surface area contributed by atoms with Gasteiger partial charge in [-0.15, -0.1) is 0 Å². The van der Waals surface area contributed by atoms with E-state index in [4.69, 9.17) is 0 Å². The van der Waals surface area contributed by atoms with Gasteiger partial charge in [-0.2, -0.15) is 0 Å². The maximum Gasteiger partial charge on any atom is 0.223 e. The number of nitrogens with zero attached hydrogens (tertiary/aromatic N) is 1. The van der Waals surface area contributed by atoms with Crippen molar-refractivity contribution in [2.75, 3.05) is 6.54 Å². The summed E-state index contributed by atoms with van der Waals surface area (Å²) < 4.78 is 1.81. The summed E-state index contributed by atoms with van der Waals surface area (Å²) in [6, 6.07) is 1.36. The van der Waals surface area contributed by atoms with Crippen molar-refractivity contribution >= 4 is 0 Å². The van der Waals surface area contributed by atoms with Gasteiger partial charge < -0.3 is 15.0 Å². The normalized spacial score (nSPS) is 10.0. The first-order valence-electron chi connectivity index (χ1n) is 5.41. The summed E-state index contributed by atoms with van der Waals surface area (Å²) in [5.41, 5.74) is 1.91. The third-order valence-corrected chi connectivity index (χ3v) is 2.62. The van der Waals surface area contributed by atoms with E-state index in [-0.39, 0.29) is 11.2 Å². The summed E-state index contributed by atoms with van der Waals surface area (Å²) in [6.07, 6.45) is 1.67. The lowest BCUT2D eigenvalue weighted by Gasteiger charge is -2.13. The second-order valence-corrected chi connectivity index (χ2v) is 3.99. The van der Waals surface area contributed by atoms with Gasteiger partial charge in [-0.25, -0.2) is 0 Å². The fraction of sp³-hybridized carbons (Fsp3) is 0.308. The van der Waals surface area contributed by atoms with Crippen LogP contribution in [0.1, 0.15) is 12.6 Å². The summed E-state index contributed by atoms with van der Waals surface area (Å²) in [5.74, 6) is -0.189. The smallest absolute Gasteiger partial charge is 0.223 e. The van der Waals surface area contributed by atoms with Gasteiger partial charge in [0, 0.05) is 31.0 Å². The van der Waals surface area contributed by atoms with Gasteiger partial charge in [-0.05, 0) is 19.4 Å². The first-order chi connectivity index (χ1) is 7.93. The molecule has 2 N–H and O–H groups in total. The Morgan fingerprint density at radius 1 is 1.53 bits per heavy atom. The van der Waals surface area contributed by atoms with Crippen molar-refractivity contribution in [3.05, 3.63) is 52.6 Å². The van der Waals surface area contributed by atoms with Gasteiger partial charge in [0.2, 0.25) is 5.43 Å². The molecular formula is C13H18N2O2. The number of allylic oxidation sites excluding steroid dienone is 1. The van der Waals surface area contributed by atoms with Crippen molar-refractivity contribution in [2.45, 2.75) is 20.4 Å². The second kappa shape index (κ2) is 5.39. The van der Waals surface area contributed by atoms with Crippen LogP contribution in [0.2, 0.25) is 0 Å². The van der Waals surface area contributed by atoms with E-state index in [2.05, 4.69) is 18.5 Å². The molecule has 1 aromatic heterocycles. The average molecular weight is 234 g/mol. The molecule has 0 unspecified atom stereocenters. The first kappa shape index (κ1) is 13.1. The van der Waals surface area contributed by atoms with Gasteiger partial charge >= 0.3 is 0 Å². The van der Waals surface area contributed by atoms with Crippen LogP contribution < -0.4 is 10.7 Å². The monoisotopic (exact) mass is 234 g/mol. The van der Waals surface area contributed by atoms with Crippen LogP contribution in [-0.4, -0.2) is 16.2 Å². The Morgan fingerprint density at radius 2 is 2.18 bits per heavy atom. The van der Waals surface area contributed by atoms with E-state index in [1.807, 2.05) is 11.5 Å². The predicted molar refractivity (Wildman–Crippen MR) is 69.1 cm³/mol. The average Bonchev–Trinajstić information content (AvgIpc) is 2.28. The van der Waals surface area contributed by atoms with Crippen molar-refractivity contribution in [3.63, 3.8) is 0 Å². The summed E-state index contributed by atoms with van der Waals surface area (Å²) in [6.45, 7) is 12.5. The lowest BCUT2D eigenvalue weighted by atomic mass is 10.2. The van der Waals surface area contributed by atoms with Crippen LogP contribution in [0, 0.1) is 6.92 Å². The molecule has 0 aromatic carbocycles. The van der Waals surface area contributed by atoms with E-state index < -0.39 is 0 Å². The molecule has 4 heteroatoms. The Hall–Kier alpha value is -1.97. The van der Waals surface area contributed by atoms with Crippen molar-refractivity contribution < 1.29 is 5.11 Å². The number of hydrogen-bond acceptors (Lipinski definition) is 3. The maximum absolute atomic E-state index is 11.2. The minimum atomic E-state index is -0.349. The molecule has 0 fully saturated rings. The Bertz CT molecular complexity index is 501. The highest BCUT2D eigenvalue weighted by molar-refractivity contribution is 5.25. The number of aromatic nitrogens is 1. The molecular weight excluding hydrogens is 216 g/mol. The van der Waals surface area contributed by atoms with Crippen molar-refractivity contribution in [2.24, 2.45) is 0 Å². The highest BCUT2D eigenvalue weighted by Crippen LogP contribution is 2.08. The van der Waals surface area contributed by atoms with Gasteiger partial charge in [-0.3, -0.25) is 4.79 Å².